The predicted molar refractivity (Wildman–Crippen MR) is 183 cm³/mol. The van der Waals surface area contributed by atoms with Crippen molar-refractivity contribution in [2.45, 2.75) is 39.0 Å². The molecule has 1 fully saturated rings. The number of aryl methyl sites for hydroxylation is 1. The number of carbonyl (C=O) groups excluding carboxylic acids is 3. The SMILES string of the molecule is CC(=O)c1nn(CC(=O)N2C[C@H](F)C[C@H]2C(=O)Nc2cccc(-c3ccc4c(c3Cl)NCCN4)c2F)c2ccc(-c3cnc(C)nc3)cc12. The number of nitrogens with zero attached hydrogens (tertiary/aromatic N) is 5. The molecule has 4 heterocycles. The van der Waals surface area contributed by atoms with Crippen LogP contribution in [0.4, 0.5) is 25.8 Å². The second-order valence-electron chi connectivity index (χ2n) is 12.1. The summed E-state index contributed by atoms with van der Waals surface area (Å²) in [5, 5.41) is 14.3. The first-order valence-corrected chi connectivity index (χ1v) is 16.1. The van der Waals surface area contributed by atoms with Crippen LogP contribution in [0.15, 0.2) is 60.9 Å². The Hall–Kier alpha value is -5.43. The molecule has 11 nitrogen and oxygen atoms in total. The van der Waals surface area contributed by atoms with Crippen LogP contribution in [0.2, 0.25) is 5.02 Å². The van der Waals surface area contributed by atoms with E-state index >= 15 is 4.39 Å². The van der Waals surface area contributed by atoms with Gasteiger partial charge in [-0.15, -0.1) is 0 Å². The molecule has 7 rings (SSSR count). The Kier molecular flexibility index (Phi) is 8.45. The molecular formula is C35H31ClF2N8O3. The zero-order valence-electron chi connectivity index (χ0n) is 26.6. The number of halogens is 3. The molecule has 0 saturated carbocycles. The fourth-order valence-corrected chi connectivity index (χ4v) is 6.68. The minimum Gasteiger partial charge on any atom is -0.382 e. The number of carbonyl (C=O) groups is 3. The first-order valence-electron chi connectivity index (χ1n) is 15.7. The van der Waals surface area contributed by atoms with Crippen LogP contribution in [0.5, 0.6) is 0 Å². The molecule has 0 bridgehead atoms. The van der Waals surface area contributed by atoms with Gasteiger partial charge < -0.3 is 20.9 Å². The van der Waals surface area contributed by atoms with Crippen LogP contribution < -0.4 is 16.0 Å². The minimum absolute atomic E-state index is 0.129. The highest BCUT2D eigenvalue weighted by Gasteiger charge is 2.40. The number of hydrogen-bond acceptors (Lipinski definition) is 8. The van der Waals surface area contributed by atoms with Gasteiger partial charge >= 0.3 is 0 Å². The van der Waals surface area contributed by atoms with E-state index in [4.69, 9.17) is 11.6 Å². The zero-order valence-corrected chi connectivity index (χ0v) is 27.3. The Balaban J connectivity index is 1.12. The van der Waals surface area contributed by atoms with E-state index in [1.807, 2.05) is 0 Å². The zero-order chi connectivity index (χ0) is 34.4. The topological polar surface area (TPSA) is 134 Å². The van der Waals surface area contributed by atoms with Crippen molar-refractivity contribution >= 4 is 57.2 Å². The lowest BCUT2D eigenvalue weighted by Gasteiger charge is -2.24. The van der Waals surface area contributed by atoms with Gasteiger partial charge in [-0.1, -0.05) is 35.9 Å². The molecule has 2 aromatic heterocycles. The average Bonchev–Trinajstić information content (AvgIpc) is 3.67. The summed E-state index contributed by atoms with van der Waals surface area (Å²) >= 11 is 6.65. The predicted octanol–water partition coefficient (Wildman–Crippen LogP) is 5.88. The molecule has 0 radical (unpaired) electrons. The van der Waals surface area contributed by atoms with Crippen LogP contribution in [0, 0.1) is 12.7 Å². The Bertz CT molecular complexity index is 2140. The smallest absolute Gasteiger partial charge is 0.247 e. The number of alkyl halides is 1. The fraction of sp³-hybridized carbons (Fsp3) is 0.257. The lowest BCUT2D eigenvalue weighted by Crippen LogP contribution is -2.44. The highest BCUT2D eigenvalue weighted by molar-refractivity contribution is 6.37. The van der Waals surface area contributed by atoms with Crippen LogP contribution in [0.1, 0.15) is 29.7 Å². The van der Waals surface area contributed by atoms with Crippen molar-refractivity contribution in [3.05, 3.63) is 83.3 Å². The Morgan fingerprint density at radius 3 is 2.57 bits per heavy atom. The molecule has 250 valence electrons. The van der Waals surface area contributed by atoms with Crippen molar-refractivity contribution < 1.29 is 23.2 Å². The van der Waals surface area contributed by atoms with E-state index in [0.717, 1.165) is 28.3 Å². The normalized spacial score (nSPS) is 17.0. The van der Waals surface area contributed by atoms with Gasteiger partial charge in [0.25, 0.3) is 0 Å². The number of amides is 2. The van der Waals surface area contributed by atoms with Gasteiger partial charge in [-0.25, -0.2) is 18.7 Å². The molecule has 0 spiro atoms. The molecule has 1 saturated heterocycles. The standard InChI is InChI=1S/C35H31ClF2N8O3/c1-18(47)33-25-12-20(21-14-41-19(2)42-15-21)6-9-28(25)46(44-33)17-30(48)45-16-22(37)13-29(45)35(49)43-26-5-3-4-24(32(26)38)23-7-8-27-34(31(23)36)40-11-10-39-27/h3-9,12,14-15,22,29,39-40H,10-11,13,16-17H2,1-2H3,(H,43,49)/t22-,29+/m1/s1. The summed E-state index contributed by atoms with van der Waals surface area (Å²) in [6.45, 7) is 3.87. The Morgan fingerprint density at radius 1 is 1.02 bits per heavy atom. The average molecular weight is 685 g/mol. The maximum atomic E-state index is 15.9. The van der Waals surface area contributed by atoms with Gasteiger partial charge in [-0.2, -0.15) is 5.10 Å². The van der Waals surface area contributed by atoms with E-state index in [0.29, 0.717) is 39.5 Å². The lowest BCUT2D eigenvalue weighted by atomic mass is 10.0. The second-order valence-corrected chi connectivity index (χ2v) is 12.4. The molecule has 2 amide bonds. The number of fused-ring (bicyclic) bond motifs is 2. The summed E-state index contributed by atoms with van der Waals surface area (Å²) in [6, 6.07) is 12.2. The molecule has 2 aliphatic heterocycles. The first-order chi connectivity index (χ1) is 23.6. The van der Waals surface area contributed by atoms with Crippen molar-refractivity contribution in [1.29, 1.82) is 0 Å². The van der Waals surface area contributed by atoms with Gasteiger partial charge in [-0.05, 0) is 36.8 Å². The first kappa shape index (κ1) is 32.1. The number of aromatic nitrogens is 4. The molecule has 2 atom stereocenters. The number of hydrogen-bond donors (Lipinski definition) is 3. The lowest BCUT2D eigenvalue weighted by molar-refractivity contribution is -0.137. The number of Topliss-reactive ketones (excluding diaryl/α,β-unsaturated/α-hetero) is 1. The quantitative estimate of drug-likeness (QED) is 0.181. The summed E-state index contributed by atoms with van der Waals surface area (Å²) in [5.74, 6) is -1.71. The molecule has 2 aliphatic rings. The molecule has 3 aromatic carbocycles. The van der Waals surface area contributed by atoms with Gasteiger partial charge in [0.2, 0.25) is 11.8 Å². The van der Waals surface area contributed by atoms with Gasteiger partial charge in [0.1, 0.15) is 30.3 Å². The summed E-state index contributed by atoms with van der Waals surface area (Å²) in [4.78, 5) is 49.3. The Labute approximate surface area is 284 Å². The van der Waals surface area contributed by atoms with Crippen LogP contribution in [-0.2, 0) is 16.1 Å². The third-order valence-electron chi connectivity index (χ3n) is 8.79. The largest absolute Gasteiger partial charge is 0.382 e. The van der Waals surface area contributed by atoms with Crippen molar-refractivity contribution in [2.24, 2.45) is 0 Å². The van der Waals surface area contributed by atoms with Gasteiger partial charge in [0.05, 0.1) is 34.1 Å². The van der Waals surface area contributed by atoms with E-state index < -0.39 is 29.8 Å². The number of ketones is 1. The summed E-state index contributed by atoms with van der Waals surface area (Å²) in [7, 11) is 0. The number of rotatable bonds is 7. The molecule has 49 heavy (non-hydrogen) atoms. The molecule has 0 aliphatic carbocycles. The molecule has 0 unspecified atom stereocenters. The molecule has 14 heteroatoms. The summed E-state index contributed by atoms with van der Waals surface area (Å²) < 4.78 is 32.1. The van der Waals surface area contributed by atoms with Crippen LogP contribution in [0.3, 0.4) is 0 Å². The molecule has 3 N–H and O–H groups in total. The number of likely N-dealkylation sites (tertiary alicyclic amines) is 1. The highest BCUT2D eigenvalue weighted by atomic mass is 35.5. The van der Waals surface area contributed by atoms with E-state index in [-0.39, 0.29) is 42.2 Å². The van der Waals surface area contributed by atoms with Gasteiger partial charge in [-0.3, -0.25) is 19.1 Å². The van der Waals surface area contributed by atoms with Gasteiger partial charge in [0, 0.05) is 60.9 Å². The number of benzene rings is 3. The van der Waals surface area contributed by atoms with Gasteiger partial charge in [0.15, 0.2) is 11.6 Å². The highest BCUT2D eigenvalue weighted by Crippen LogP contribution is 2.41. The maximum Gasteiger partial charge on any atom is 0.247 e. The van der Waals surface area contributed by atoms with Crippen molar-refractivity contribution in [2.75, 3.05) is 35.6 Å². The Morgan fingerprint density at radius 2 is 1.80 bits per heavy atom. The van der Waals surface area contributed by atoms with Crippen molar-refractivity contribution in [3.63, 3.8) is 0 Å². The minimum atomic E-state index is -1.47. The third-order valence-corrected chi connectivity index (χ3v) is 9.18. The third kappa shape index (κ3) is 6.06. The van der Waals surface area contributed by atoms with E-state index in [9.17, 15) is 18.8 Å². The summed E-state index contributed by atoms with van der Waals surface area (Å²) in [5.41, 5.74) is 4.12. The van der Waals surface area contributed by atoms with Crippen LogP contribution in [-0.4, -0.2) is 74.1 Å². The van der Waals surface area contributed by atoms with Crippen LogP contribution in [0.25, 0.3) is 33.2 Å². The number of anilines is 3. The monoisotopic (exact) mass is 684 g/mol. The molecular weight excluding hydrogens is 654 g/mol. The molecule has 5 aromatic rings. The van der Waals surface area contributed by atoms with E-state index in [1.54, 1.807) is 61.8 Å². The van der Waals surface area contributed by atoms with Crippen molar-refractivity contribution in [1.82, 2.24) is 24.6 Å². The summed E-state index contributed by atoms with van der Waals surface area (Å²) in [6.07, 6.45) is 1.64. The number of nitrogens with one attached hydrogen (secondary N) is 3. The second kappa shape index (κ2) is 12.9. The van der Waals surface area contributed by atoms with Crippen molar-refractivity contribution in [3.8, 4) is 22.3 Å². The van der Waals surface area contributed by atoms with E-state index in [1.165, 1.54) is 17.7 Å². The maximum absolute atomic E-state index is 15.9. The fourth-order valence-electron chi connectivity index (χ4n) is 6.35. The van der Waals surface area contributed by atoms with E-state index in [2.05, 4.69) is 31.0 Å². The van der Waals surface area contributed by atoms with Crippen LogP contribution >= 0.6 is 11.6 Å².